The van der Waals surface area contributed by atoms with Gasteiger partial charge in [0.25, 0.3) is 0 Å². The molecule has 31 heavy (non-hydrogen) atoms. The number of halogens is 1. The number of carboxylic acid groups (broad SMARTS) is 1. The minimum absolute atomic E-state index is 0.0903. The van der Waals surface area contributed by atoms with E-state index in [0.717, 1.165) is 5.56 Å². The van der Waals surface area contributed by atoms with E-state index in [2.05, 4.69) is 16.4 Å². The van der Waals surface area contributed by atoms with Gasteiger partial charge in [-0.15, -0.1) is 0 Å². The number of nitrogens with one attached hydrogen (secondary N) is 1. The molecule has 1 aromatic heterocycles. The molecule has 0 fully saturated rings. The normalized spacial score (nSPS) is 11.4. The first-order valence-electron chi connectivity index (χ1n) is 9.39. The number of carbonyl (C=O) groups excluding carboxylic acids is 1. The van der Waals surface area contributed by atoms with E-state index in [0.29, 0.717) is 28.4 Å². The highest BCUT2D eigenvalue weighted by Gasteiger charge is 2.22. The van der Waals surface area contributed by atoms with Gasteiger partial charge in [0.15, 0.2) is 0 Å². The molecule has 6 nitrogen and oxygen atoms in total. The number of rotatable bonds is 7. The molecule has 0 aliphatic rings. The predicted octanol–water partition coefficient (Wildman–Crippen LogP) is 5.48. The molecule has 0 aliphatic heterocycles. The maximum Gasteiger partial charge on any atom is 0.337 e. The lowest BCUT2D eigenvalue weighted by Crippen LogP contribution is -2.25. The summed E-state index contributed by atoms with van der Waals surface area (Å²) in [5, 5.41) is 21.4. The van der Waals surface area contributed by atoms with Crippen LogP contribution in [0.25, 0.3) is 11.3 Å². The molecule has 0 radical (unpaired) electrons. The molecular formula is C23H18ClN3O3S. The summed E-state index contributed by atoms with van der Waals surface area (Å²) >= 11 is 7.09. The van der Waals surface area contributed by atoms with Crippen LogP contribution in [-0.2, 0) is 4.79 Å². The van der Waals surface area contributed by atoms with Crippen molar-refractivity contribution in [2.75, 3.05) is 5.32 Å². The van der Waals surface area contributed by atoms with E-state index in [4.69, 9.17) is 11.6 Å². The third kappa shape index (κ3) is 5.43. The molecule has 0 bridgehead atoms. The number of benzene rings is 2. The molecule has 0 saturated heterocycles. The van der Waals surface area contributed by atoms with Crippen LogP contribution in [0.4, 0.5) is 5.69 Å². The van der Waals surface area contributed by atoms with Crippen LogP contribution in [0.3, 0.4) is 0 Å². The van der Waals surface area contributed by atoms with E-state index >= 15 is 0 Å². The fourth-order valence-corrected chi connectivity index (χ4v) is 4.02. The summed E-state index contributed by atoms with van der Waals surface area (Å²) in [7, 11) is 0. The first kappa shape index (κ1) is 22.3. The van der Waals surface area contributed by atoms with Gasteiger partial charge in [0.05, 0.1) is 27.1 Å². The van der Waals surface area contributed by atoms with Crippen molar-refractivity contribution in [2.45, 2.75) is 23.6 Å². The van der Waals surface area contributed by atoms with Crippen LogP contribution < -0.4 is 5.32 Å². The molecule has 1 amide bonds. The Kier molecular flexibility index (Phi) is 7.29. The number of nitriles is 1. The van der Waals surface area contributed by atoms with Crippen molar-refractivity contribution in [3.8, 4) is 17.3 Å². The van der Waals surface area contributed by atoms with Crippen molar-refractivity contribution in [1.29, 1.82) is 5.26 Å². The third-order valence-corrected chi connectivity index (χ3v) is 6.13. The standard InChI is InChI=1S/C23H18ClN3O3S/c1-2-20(21(28)26-16-9-10-18(24)17(12-16)23(29)30)31-22-15(13-25)8-11-19(27-22)14-6-4-3-5-7-14/h3-12,20H,2H2,1H3,(H,26,28)(H,29,30). The summed E-state index contributed by atoms with van der Waals surface area (Å²) in [6, 6.07) is 19.4. The molecule has 0 aliphatic carbocycles. The summed E-state index contributed by atoms with van der Waals surface area (Å²) in [5.41, 5.74) is 2.24. The molecule has 2 aromatic carbocycles. The van der Waals surface area contributed by atoms with Crippen molar-refractivity contribution in [3.05, 3.63) is 76.8 Å². The van der Waals surface area contributed by atoms with Crippen LogP contribution >= 0.6 is 23.4 Å². The lowest BCUT2D eigenvalue weighted by molar-refractivity contribution is -0.115. The quantitative estimate of drug-likeness (QED) is 0.461. The van der Waals surface area contributed by atoms with E-state index in [9.17, 15) is 20.0 Å². The smallest absolute Gasteiger partial charge is 0.337 e. The molecule has 1 atom stereocenters. The lowest BCUT2D eigenvalue weighted by Gasteiger charge is -2.16. The molecule has 3 rings (SSSR count). The predicted molar refractivity (Wildman–Crippen MR) is 121 cm³/mol. The van der Waals surface area contributed by atoms with Crippen molar-refractivity contribution in [2.24, 2.45) is 0 Å². The number of aromatic carboxylic acids is 1. The summed E-state index contributed by atoms with van der Waals surface area (Å²) in [6.07, 6.45) is 0.484. The highest BCUT2D eigenvalue weighted by Crippen LogP contribution is 2.30. The van der Waals surface area contributed by atoms with Crippen LogP contribution in [0.15, 0.2) is 65.7 Å². The Hall–Kier alpha value is -3.34. The number of hydrogen-bond acceptors (Lipinski definition) is 5. The maximum atomic E-state index is 12.8. The zero-order valence-corrected chi connectivity index (χ0v) is 18.1. The Balaban J connectivity index is 1.83. The Morgan fingerprint density at radius 2 is 1.94 bits per heavy atom. The summed E-state index contributed by atoms with van der Waals surface area (Å²) in [5.74, 6) is -1.50. The molecule has 0 saturated carbocycles. The molecule has 0 spiro atoms. The van der Waals surface area contributed by atoms with Crippen LogP contribution in [0.2, 0.25) is 5.02 Å². The average Bonchev–Trinajstić information content (AvgIpc) is 2.78. The van der Waals surface area contributed by atoms with E-state index in [1.165, 1.54) is 23.9 Å². The number of hydrogen-bond donors (Lipinski definition) is 2. The van der Waals surface area contributed by atoms with Gasteiger partial charge >= 0.3 is 5.97 Å². The zero-order chi connectivity index (χ0) is 22.4. The fraction of sp³-hybridized carbons (Fsp3) is 0.130. The highest BCUT2D eigenvalue weighted by molar-refractivity contribution is 8.00. The number of pyridine rings is 1. The van der Waals surface area contributed by atoms with Crippen molar-refractivity contribution in [1.82, 2.24) is 4.98 Å². The topological polar surface area (TPSA) is 103 Å². The van der Waals surface area contributed by atoms with E-state index in [-0.39, 0.29) is 16.5 Å². The van der Waals surface area contributed by atoms with Crippen LogP contribution in [-0.4, -0.2) is 27.2 Å². The van der Waals surface area contributed by atoms with E-state index < -0.39 is 11.2 Å². The van der Waals surface area contributed by atoms with Gasteiger partial charge in [-0.05, 0) is 36.8 Å². The molecule has 8 heteroatoms. The number of carbonyl (C=O) groups is 2. The van der Waals surface area contributed by atoms with E-state index in [1.54, 1.807) is 18.2 Å². The van der Waals surface area contributed by atoms with Crippen molar-refractivity contribution < 1.29 is 14.7 Å². The summed E-state index contributed by atoms with van der Waals surface area (Å²) < 4.78 is 0. The van der Waals surface area contributed by atoms with Crippen LogP contribution in [0.1, 0.15) is 29.3 Å². The van der Waals surface area contributed by atoms with Gasteiger partial charge in [0.1, 0.15) is 11.1 Å². The van der Waals surface area contributed by atoms with Crippen molar-refractivity contribution >= 4 is 40.9 Å². The van der Waals surface area contributed by atoms with Crippen LogP contribution in [0.5, 0.6) is 0 Å². The Labute approximate surface area is 188 Å². The lowest BCUT2D eigenvalue weighted by atomic mass is 10.1. The number of anilines is 1. The van der Waals surface area contributed by atoms with Gasteiger partial charge in [0, 0.05) is 11.3 Å². The molecule has 156 valence electrons. The van der Waals surface area contributed by atoms with Gasteiger partial charge in [-0.1, -0.05) is 60.6 Å². The first-order chi connectivity index (χ1) is 14.9. The zero-order valence-electron chi connectivity index (χ0n) is 16.5. The van der Waals surface area contributed by atoms with Gasteiger partial charge < -0.3 is 10.4 Å². The molecule has 1 unspecified atom stereocenters. The summed E-state index contributed by atoms with van der Waals surface area (Å²) in [6.45, 7) is 1.86. The van der Waals surface area contributed by atoms with Gasteiger partial charge in [-0.25, -0.2) is 9.78 Å². The summed E-state index contributed by atoms with van der Waals surface area (Å²) in [4.78, 5) is 28.7. The molecule has 2 N–H and O–H groups in total. The second-order valence-electron chi connectivity index (χ2n) is 6.53. The number of aromatic nitrogens is 1. The largest absolute Gasteiger partial charge is 0.478 e. The number of nitrogens with zero attached hydrogens (tertiary/aromatic N) is 2. The van der Waals surface area contributed by atoms with Gasteiger partial charge in [-0.2, -0.15) is 5.26 Å². The fourth-order valence-electron chi connectivity index (χ4n) is 2.83. The minimum atomic E-state index is -1.18. The van der Waals surface area contributed by atoms with Gasteiger partial charge in [-0.3, -0.25) is 4.79 Å². The monoisotopic (exact) mass is 451 g/mol. The molecule has 3 aromatic rings. The van der Waals surface area contributed by atoms with Gasteiger partial charge in [0.2, 0.25) is 5.91 Å². The van der Waals surface area contributed by atoms with E-state index in [1.807, 2.05) is 37.3 Å². The van der Waals surface area contributed by atoms with Crippen LogP contribution in [0, 0.1) is 11.3 Å². The molecular weight excluding hydrogens is 434 g/mol. The average molecular weight is 452 g/mol. The minimum Gasteiger partial charge on any atom is -0.478 e. The van der Waals surface area contributed by atoms with Crippen molar-refractivity contribution in [3.63, 3.8) is 0 Å². The Morgan fingerprint density at radius 3 is 2.58 bits per heavy atom. The Bertz CT molecular complexity index is 1160. The first-order valence-corrected chi connectivity index (χ1v) is 10.7. The SMILES string of the molecule is CCC(Sc1nc(-c2ccccc2)ccc1C#N)C(=O)Nc1ccc(Cl)c(C(=O)O)c1. The highest BCUT2D eigenvalue weighted by atomic mass is 35.5. The molecule has 1 heterocycles. The maximum absolute atomic E-state index is 12.8. The second-order valence-corrected chi connectivity index (χ2v) is 8.13. The third-order valence-electron chi connectivity index (χ3n) is 4.43. The number of carboxylic acids is 1. The second kappa shape index (κ2) is 10.1. The Morgan fingerprint density at radius 1 is 1.19 bits per heavy atom. The number of thioether (sulfide) groups is 1. The number of amides is 1.